The summed E-state index contributed by atoms with van der Waals surface area (Å²) in [6.07, 6.45) is 1.40. The molecular weight excluding hydrogens is 270 g/mol. The van der Waals surface area contributed by atoms with Crippen LogP contribution in [0.2, 0.25) is 0 Å². The first-order valence-electron chi connectivity index (χ1n) is 6.89. The molecule has 0 fully saturated rings. The molecular formula is C15H19N3O3. The summed E-state index contributed by atoms with van der Waals surface area (Å²) in [5, 5.41) is 19.9. The second kappa shape index (κ2) is 6.99. The second-order valence-electron chi connectivity index (χ2n) is 5.31. The molecule has 112 valence electrons. The van der Waals surface area contributed by atoms with E-state index < -0.39 is 6.10 Å². The molecule has 0 saturated carbocycles. The van der Waals surface area contributed by atoms with Gasteiger partial charge in [-0.05, 0) is 36.6 Å². The van der Waals surface area contributed by atoms with Crippen molar-refractivity contribution in [1.29, 1.82) is 0 Å². The SMILES string of the molecule is CC(C)CC(O)CNC(=O)c1ccc(-c2nnco2)cc1. The summed E-state index contributed by atoms with van der Waals surface area (Å²) >= 11 is 0. The van der Waals surface area contributed by atoms with Crippen LogP contribution in [0.4, 0.5) is 0 Å². The minimum Gasteiger partial charge on any atom is -0.423 e. The lowest BCUT2D eigenvalue weighted by molar-refractivity contribution is 0.0900. The molecule has 1 heterocycles. The molecule has 0 spiro atoms. The van der Waals surface area contributed by atoms with Crippen molar-refractivity contribution in [2.24, 2.45) is 5.92 Å². The number of aliphatic hydroxyl groups excluding tert-OH is 1. The number of hydrogen-bond donors (Lipinski definition) is 2. The molecule has 0 saturated heterocycles. The van der Waals surface area contributed by atoms with E-state index in [9.17, 15) is 9.90 Å². The van der Waals surface area contributed by atoms with E-state index in [1.807, 2.05) is 13.8 Å². The summed E-state index contributed by atoms with van der Waals surface area (Å²) in [7, 11) is 0. The molecule has 2 N–H and O–H groups in total. The largest absolute Gasteiger partial charge is 0.423 e. The maximum Gasteiger partial charge on any atom is 0.251 e. The van der Waals surface area contributed by atoms with Crippen molar-refractivity contribution in [3.63, 3.8) is 0 Å². The highest BCUT2D eigenvalue weighted by Gasteiger charge is 2.11. The van der Waals surface area contributed by atoms with Crippen molar-refractivity contribution in [3.05, 3.63) is 36.2 Å². The molecule has 6 nitrogen and oxygen atoms in total. The Bertz CT molecular complexity index is 564. The first-order chi connectivity index (χ1) is 10.1. The Labute approximate surface area is 123 Å². The van der Waals surface area contributed by atoms with Crippen LogP contribution in [-0.2, 0) is 0 Å². The van der Waals surface area contributed by atoms with Gasteiger partial charge in [0.15, 0.2) is 0 Å². The molecule has 0 radical (unpaired) electrons. The van der Waals surface area contributed by atoms with Crippen LogP contribution < -0.4 is 5.32 Å². The molecule has 1 atom stereocenters. The molecule has 1 aromatic carbocycles. The van der Waals surface area contributed by atoms with Crippen molar-refractivity contribution in [2.45, 2.75) is 26.4 Å². The van der Waals surface area contributed by atoms with Crippen molar-refractivity contribution >= 4 is 5.91 Å². The molecule has 21 heavy (non-hydrogen) atoms. The van der Waals surface area contributed by atoms with Gasteiger partial charge in [-0.25, -0.2) is 0 Å². The Kier molecular flexibility index (Phi) is 5.05. The summed E-state index contributed by atoms with van der Waals surface area (Å²) in [4.78, 5) is 12.0. The van der Waals surface area contributed by atoms with E-state index in [0.29, 0.717) is 23.8 Å². The number of amides is 1. The average molecular weight is 289 g/mol. The number of nitrogens with one attached hydrogen (secondary N) is 1. The lowest BCUT2D eigenvalue weighted by Crippen LogP contribution is -2.32. The summed E-state index contributed by atoms with van der Waals surface area (Å²) in [6, 6.07) is 6.85. The van der Waals surface area contributed by atoms with Gasteiger partial charge in [0.1, 0.15) is 0 Å². The van der Waals surface area contributed by atoms with Gasteiger partial charge in [-0.2, -0.15) is 0 Å². The third-order valence-corrected chi connectivity index (χ3v) is 3.00. The molecule has 0 bridgehead atoms. The summed E-state index contributed by atoms with van der Waals surface area (Å²) < 4.78 is 5.08. The standard InChI is InChI=1S/C15H19N3O3/c1-10(2)7-13(19)8-16-14(20)11-3-5-12(6-4-11)15-18-17-9-21-15/h3-6,9-10,13,19H,7-8H2,1-2H3,(H,16,20). The Morgan fingerprint density at radius 2 is 2.05 bits per heavy atom. The van der Waals surface area contributed by atoms with Gasteiger partial charge in [-0.1, -0.05) is 13.8 Å². The van der Waals surface area contributed by atoms with Gasteiger partial charge in [-0.15, -0.1) is 10.2 Å². The predicted octanol–water partition coefficient (Wildman–Crippen LogP) is 1.87. The maximum absolute atomic E-state index is 12.0. The van der Waals surface area contributed by atoms with Crippen LogP contribution in [0.3, 0.4) is 0 Å². The van der Waals surface area contributed by atoms with Crippen LogP contribution in [0.15, 0.2) is 35.1 Å². The van der Waals surface area contributed by atoms with Crippen molar-refractivity contribution < 1.29 is 14.3 Å². The van der Waals surface area contributed by atoms with E-state index in [-0.39, 0.29) is 12.5 Å². The zero-order chi connectivity index (χ0) is 15.2. The van der Waals surface area contributed by atoms with E-state index in [0.717, 1.165) is 5.56 Å². The van der Waals surface area contributed by atoms with Crippen LogP contribution in [0.25, 0.3) is 11.5 Å². The third-order valence-electron chi connectivity index (χ3n) is 3.00. The molecule has 6 heteroatoms. The van der Waals surface area contributed by atoms with Gasteiger partial charge in [0, 0.05) is 17.7 Å². The number of benzene rings is 1. The molecule has 0 aliphatic rings. The zero-order valence-corrected chi connectivity index (χ0v) is 12.1. The van der Waals surface area contributed by atoms with E-state index in [1.165, 1.54) is 6.39 Å². The van der Waals surface area contributed by atoms with Crippen LogP contribution in [0, 0.1) is 5.92 Å². The molecule has 0 aliphatic heterocycles. The topological polar surface area (TPSA) is 88.2 Å². The van der Waals surface area contributed by atoms with Crippen molar-refractivity contribution in [1.82, 2.24) is 15.5 Å². The number of carbonyl (C=O) groups excluding carboxylic acids is 1. The molecule has 1 aromatic heterocycles. The van der Waals surface area contributed by atoms with Gasteiger partial charge in [0.2, 0.25) is 12.3 Å². The maximum atomic E-state index is 12.0. The lowest BCUT2D eigenvalue weighted by Gasteiger charge is -2.13. The fourth-order valence-corrected chi connectivity index (χ4v) is 2.00. The normalized spacial score (nSPS) is 12.4. The zero-order valence-electron chi connectivity index (χ0n) is 12.1. The van der Waals surface area contributed by atoms with E-state index in [2.05, 4.69) is 15.5 Å². The predicted molar refractivity (Wildman–Crippen MR) is 77.5 cm³/mol. The number of nitrogens with zero attached hydrogens (tertiary/aromatic N) is 2. The smallest absolute Gasteiger partial charge is 0.251 e. The first kappa shape index (κ1) is 15.2. The van der Waals surface area contributed by atoms with Crippen molar-refractivity contribution in [2.75, 3.05) is 6.54 Å². The molecule has 2 aromatic rings. The number of aliphatic hydroxyl groups is 1. The monoisotopic (exact) mass is 289 g/mol. The van der Waals surface area contributed by atoms with Crippen LogP contribution >= 0.6 is 0 Å². The van der Waals surface area contributed by atoms with Gasteiger partial charge < -0.3 is 14.8 Å². The minimum atomic E-state index is -0.522. The summed E-state index contributed by atoms with van der Waals surface area (Å²) in [6.45, 7) is 4.31. The highest BCUT2D eigenvalue weighted by Crippen LogP contribution is 2.16. The van der Waals surface area contributed by atoms with Gasteiger partial charge >= 0.3 is 0 Å². The first-order valence-corrected chi connectivity index (χ1v) is 6.89. The number of aromatic nitrogens is 2. The Morgan fingerprint density at radius 3 is 2.62 bits per heavy atom. The molecule has 1 amide bonds. The highest BCUT2D eigenvalue weighted by molar-refractivity contribution is 5.94. The van der Waals surface area contributed by atoms with Crippen LogP contribution in [-0.4, -0.2) is 33.9 Å². The third kappa shape index (κ3) is 4.39. The molecule has 1 unspecified atom stereocenters. The van der Waals surface area contributed by atoms with E-state index >= 15 is 0 Å². The Morgan fingerprint density at radius 1 is 1.33 bits per heavy atom. The average Bonchev–Trinajstić information content (AvgIpc) is 2.98. The molecule has 2 rings (SSSR count). The van der Waals surface area contributed by atoms with Crippen LogP contribution in [0.1, 0.15) is 30.6 Å². The quantitative estimate of drug-likeness (QED) is 0.847. The van der Waals surface area contributed by atoms with Crippen molar-refractivity contribution in [3.8, 4) is 11.5 Å². The fourth-order valence-electron chi connectivity index (χ4n) is 2.00. The summed E-state index contributed by atoms with van der Waals surface area (Å²) in [5.41, 5.74) is 1.28. The summed E-state index contributed by atoms with van der Waals surface area (Å²) in [5.74, 6) is 0.592. The van der Waals surface area contributed by atoms with E-state index in [4.69, 9.17) is 4.42 Å². The highest BCUT2D eigenvalue weighted by atomic mass is 16.4. The van der Waals surface area contributed by atoms with Crippen LogP contribution in [0.5, 0.6) is 0 Å². The number of rotatable bonds is 6. The minimum absolute atomic E-state index is 0.213. The lowest BCUT2D eigenvalue weighted by atomic mass is 10.1. The second-order valence-corrected chi connectivity index (χ2v) is 5.31. The fraction of sp³-hybridized carbons (Fsp3) is 0.400. The Hall–Kier alpha value is -2.21. The van der Waals surface area contributed by atoms with Gasteiger partial charge in [0.25, 0.3) is 5.91 Å². The van der Waals surface area contributed by atoms with Gasteiger partial charge in [-0.3, -0.25) is 4.79 Å². The van der Waals surface area contributed by atoms with Gasteiger partial charge in [0.05, 0.1) is 6.10 Å². The molecule has 0 aliphatic carbocycles. The number of hydrogen-bond acceptors (Lipinski definition) is 5. The van der Waals surface area contributed by atoms with E-state index in [1.54, 1.807) is 24.3 Å². The number of carbonyl (C=O) groups is 1. The Balaban J connectivity index is 1.91.